The Kier molecular flexibility index (Phi) is 7.11. The van der Waals surface area contributed by atoms with Gasteiger partial charge in [-0.05, 0) is 70.2 Å². The minimum Gasteiger partial charge on any atom is -0.487 e. The third-order valence-corrected chi connectivity index (χ3v) is 8.37. The van der Waals surface area contributed by atoms with Crippen LogP contribution in [0.25, 0.3) is 0 Å². The lowest BCUT2D eigenvalue weighted by Gasteiger charge is -2.47. The molecule has 1 N–H and O–H groups in total. The van der Waals surface area contributed by atoms with Crippen molar-refractivity contribution in [3.8, 4) is 5.75 Å². The average molecular weight is 507 g/mol. The second-order valence-corrected chi connectivity index (χ2v) is 12.1. The van der Waals surface area contributed by atoms with Crippen LogP contribution in [0.2, 0.25) is 0 Å². The summed E-state index contributed by atoms with van der Waals surface area (Å²) in [6, 6.07) is 11.0. The first-order valence-corrected chi connectivity index (χ1v) is 13.6. The first-order valence-electron chi connectivity index (χ1n) is 12.0. The van der Waals surface area contributed by atoms with Crippen LogP contribution >= 0.6 is 0 Å². The summed E-state index contributed by atoms with van der Waals surface area (Å²) in [5.41, 5.74) is 1.19. The van der Waals surface area contributed by atoms with Crippen LogP contribution < -0.4 is 9.46 Å². The number of ether oxygens (including phenoxy) is 2. The molecule has 1 spiro atoms. The van der Waals surface area contributed by atoms with Crippen LogP contribution in [0.15, 0.2) is 42.5 Å². The topological polar surface area (TPSA) is 84.9 Å². The second-order valence-electron chi connectivity index (χ2n) is 9.91. The standard InChI is InChI=1S/C26H33FN2O5S.H2/c1-17(2)33-24-16-26(34-23-10-7-20(27)15-22(23)24)11-13-29(14-12-26)25(30)19-5-8-21(9-6-19)28-35(31,32)18(3)4;/h5-10,15,17-18,24,28H,11-14,16H2,1-4H3;1H/t24-;/m1./s1. The summed E-state index contributed by atoms with van der Waals surface area (Å²) >= 11 is 0. The van der Waals surface area contributed by atoms with Gasteiger partial charge in [0.15, 0.2) is 0 Å². The van der Waals surface area contributed by atoms with Gasteiger partial charge in [-0.25, -0.2) is 12.8 Å². The number of amides is 1. The molecule has 192 valence electrons. The van der Waals surface area contributed by atoms with Crippen LogP contribution in [0.3, 0.4) is 0 Å². The van der Waals surface area contributed by atoms with Gasteiger partial charge in [0, 0.05) is 50.6 Å². The Bertz CT molecular complexity index is 1180. The monoisotopic (exact) mass is 506 g/mol. The van der Waals surface area contributed by atoms with Crippen molar-refractivity contribution < 1.29 is 28.5 Å². The molecule has 4 rings (SSSR count). The van der Waals surface area contributed by atoms with Gasteiger partial charge in [-0.3, -0.25) is 9.52 Å². The maximum Gasteiger partial charge on any atom is 0.253 e. The van der Waals surface area contributed by atoms with Crippen molar-refractivity contribution in [3.63, 3.8) is 0 Å². The van der Waals surface area contributed by atoms with Crippen molar-refractivity contribution in [3.05, 3.63) is 59.4 Å². The van der Waals surface area contributed by atoms with E-state index in [1.807, 2.05) is 13.8 Å². The van der Waals surface area contributed by atoms with E-state index >= 15 is 0 Å². The molecule has 7 nitrogen and oxygen atoms in total. The Morgan fingerprint density at radius 3 is 2.40 bits per heavy atom. The van der Waals surface area contributed by atoms with Crippen LogP contribution in [-0.2, 0) is 14.8 Å². The van der Waals surface area contributed by atoms with Crippen LogP contribution in [0.4, 0.5) is 10.1 Å². The van der Waals surface area contributed by atoms with Gasteiger partial charge in [0.2, 0.25) is 10.0 Å². The van der Waals surface area contributed by atoms with Crippen molar-refractivity contribution in [1.82, 2.24) is 4.90 Å². The van der Waals surface area contributed by atoms with E-state index in [1.165, 1.54) is 12.1 Å². The number of hydrogen-bond acceptors (Lipinski definition) is 5. The van der Waals surface area contributed by atoms with E-state index in [0.29, 0.717) is 49.4 Å². The van der Waals surface area contributed by atoms with Crippen LogP contribution in [0.1, 0.15) is 70.4 Å². The Hall–Kier alpha value is -2.65. The third-order valence-electron chi connectivity index (χ3n) is 6.61. The van der Waals surface area contributed by atoms with Crippen LogP contribution in [-0.4, -0.2) is 49.3 Å². The SMILES string of the molecule is CC(C)O[C@@H]1CC2(CCN(C(=O)c3ccc(NS(=O)(=O)C(C)C)cc3)CC2)Oc2ccc(F)cc21.[HH]. The fourth-order valence-electron chi connectivity index (χ4n) is 4.61. The van der Waals surface area contributed by atoms with E-state index in [1.54, 1.807) is 49.1 Å². The fraction of sp³-hybridized carbons (Fsp3) is 0.500. The predicted octanol–water partition coefficient (Wildman–Crippen LogP) is 5.15. The molecule has 0 aliphatic carbocycles. The highest BCUT2D eigenvalue weighted by atomic mass is 32.2. The molecule has 1 atom stereocenters. The van der Waals surface area contributed by atoms with Gasteiger partial charge in [-0.1, -0.05) is 0 Å². The second kappa shape index (κ2) is 9.78. The number of fused-ring (bicyclic) bond motifs is 1. The Labute approximate surface area is 208 Å². The lowest BCUT2D eigenvalue weighted by Crippen LogP contribution is -2.52. The predicted molar refractivity (Wildman–Crippen MR) is 135 cm³/mol. The van der Waals surface area contributed by atoms with E-state index in [9.17, 15) is 17.6 Å². The molecule has 9 heteroatoms. The van der Waals surface area contributed by atoms with E-state index < -0.39 is 20.9 Å². The molecule has 2 aliphatic heterocycles. The molecule has 1 saturated heterocycles. The number of carbonyl (C=O) groups excluding carboxylic acids is 1. The van der Waals surface area contributed by atoms with E-state index in [0.717, 1.165) is 5.56 Å². The minimum absolute atomic E-state index is 0. The van der Waals surface area contributed by atoms with Gasteiger partial charge < -0.3 is 14.4 Å². The number of hydrogen-bond donors (Lipinski definition) is 1. The van der Waals surface area contributed by atoms with Gasteiger partial charge in [-0.15, -0.1) is 0 Å². The molecular weight excluding hydrogens is 471 g/mol. The van der Waals surface area contributed by atoms with Crippen LogP contribution in [0, 0.1) is 5.82 Å². The number of rotatable bonds is 6. The molecule has 0 aromatic heterocycles. The number of likely N-dealkylation sites (tertiary alicyclic amines) is 1. The number of nitrogens with zero attached hydrogens (tertiary/aromatic N) is 1. The van der Waals surface area contributed by atoms with Crippen LogP contribution in [0.5, 0.6) is 5.75 Å². The quantitative estimate of drug-likeness (QED) is 0.586. The molecular formula is C26H35FN2O5S. The van der Waals surface area contributed by atoms with Crippen molar-refractivity contribution >= 4 is 21.6 Å². The summed E-state index contributed by atoms with van der Waals surface area (Å²) in [4.78, 5) is 14.9. The maximum absolute atomic E-state index is 13.9. The zero-order valence-corrected chi connectivity index (χ0v) is 21.4. The fourth-order valence-corrected chi connectivity index (χ4v) is 5.31. The first-order chi connectivity index (χ1) is 16.5. The maximum atomic E-state index is 13.9. The highest BCUT2D eigenvalue weighted by Crippen LogP contribution is 2.46. The number of sulfonamides is 1. The molecule has 2 aromatic rings. The molecule has 0 bridgehead atoms. The number of nitrogens with one attached hydrogen (secondary N) is 1. The van der Waals surface area contributed by atoms with Gasteiger partial charge in [0.1, 0.15) is 17.2 Å². The number of piperidine rings is 1. The Balaban J connectivity index is 0.00000361. The number of halogens is 1. The van der Waals surface area contributed by atoms with Crippen molar-refractivity contribution in [1.29, 1.82) is 0 Å². The normalized spacial score (nSPS) is 19.5. The molecule has 0 radical (unpaired) electrons. The van der Waals surface area contributed by atoms with Gasteiger partial charge in [0.25, 0.3) is 5.91 Å². The summed E-state index contributed by atoms with van der Waals surface area (Å²) in [6.45, 7) is 8.17. The molecule has 0 saturated carbocycles. The molecule has 2 heterocycles. The summed E-state index contributed by atoms with van der Waals surface area (Å²) in [5, 5.41) is -0.553. The third kappa shape index (κ3) is 5.62. The zero-order valence-electron chi connectivity index (χ0n) is 20.6. The zero-order chi connectivity index (χ0) is 25.4. The lowest BCUT2D eigenvalue weighted by molar-refractivity contribution is -0.0873. The summed E-state index contributed by atoms with van der Waals surface area (Å²) in [5.74, 6) is 0.220. The Morgan fingerprint density at radius 2 is 1.80 bits per heavy atom. The van der Waals surface area contributed by atoms with E-state index in [2.05, 4.69) is 4.72 Å². The number of carbonyl (C=O) groups is 1. The Morgan fingerprint density at radius 1 is 1.14 bits per heavy atom. The smallest absolute Gasteiger partial charge is 0.253 e. The molecule has 1 fully saturated rings. The number of benzene rings is 2. The lowest BCUT2D eigenvalue weighted by atomic mass is 9.81. The number of anilines is 1. The summed E-state index contributed by atoms with van der Waals surface area (Å²) in [6.07, 6.45) is 1.60. The highest BCUT2D eigenvalue weighted by Gasteiger charge is 2.44. The first kappa shape index (κ1) is 25.4. The van der Waals surface area contributed by atoms with Crippen molar-refractivity contribution in [2.24, 2.45) is 0 Å². The largest absolute Gasteiger partial charge is 0.487 e. The molecule has 2 aromatic carbocycles. The molecule has 2 aliphatic rings. The molecule has 0 unspecified atom stereocenters. The summed E-state index contributed by atoms with van der Waals surface area (Å²) in [7, 11) is -3.45. The van der Waals surface area contributed by atoms with Crippen molar-refractivity contribution in [2.75, 3.05) is 17.8 Å². The molecule has 35 heavy (non-hydrogen) atoms. The van der Waals surface area contributed by atoms with Crippen molar-refractivity contribution in [2.45, 2.75) is 70.0 Å². The highest BCUT2D eigenvalue weighted by molar-refractivity contribution is 7.93. The summed E-state index contributed by atoms with van der Waals surface area (Å²) < 4.78 is 53.1. The van der Waals surface area contributed by atoms with E-state index in [-0.39, 0.29) is 25.4 Å². The molecule has 1 amide bonds. The van der Waals surface area contributed by atoms with Gasteiger partial charge in [-0.2, -0.15) is 0 Å². The average Bonchev–Trinajstić information content (AvgIpc) is 2.79. The minimum atomic E-state index is -3.45. The van der Waals surface area contributed by atoms with Gasteiger partial charge >= 0.3 is 0 Å². The van der Waals surface area contributed by atoms with E-state index in [4.69, 9.17) is 9.47 Å². The van der Waals surface area contributed by atoms with Gasteiger partial charge in [0.05, 0.1) is 17.5 Å².